The normalized spacial score (nSPS) is 28.9. The molecule has 1 heterocycles. The fourth-order valence-corrected chi connectivity index (χ4v) is 4.55. The zero-order valence-electron chi connectivity index (χ0n) is 12.5. The lowest BCUT2D eigenvalue weighted by Crippen LogP contribution is -2.49. The minimum atomic E-state index is -3.61. The van der Waals surface area contributed by atoms with E-state index in [-0.39, 0.29) is 23.1 Å². The van der Waals surface area contributed by atoms with Gasteiger partial charge in [-0.05, 0) is 31.4 Å². The SMILES string of the molecule is COc1ccccc1S(=O)(=O)N[C@@H]1CC[C@@H]2OCCO[C@@H]2C1. The largest absolute Gasteiger partial charge is 0.495 e. The first kappa shape index (κ1) is 15.7. The molecule has 2 aliphatic rings. The van der Waals surface area contributed by atoms with Gasteiger partial charge in [-0.2, -0.15) is 0 Å². The molecule has 7 heteroatoms. The van der Waals surface area contributed by atoms with E-state index in [0.717, 1.165) is 12.8 Å². The molecule has 1 aromatic rings. The molecule has 22 heavy (non-hydrogen) atoms. The van der Waals surface area contributed by atoms with Crippen LogP contribution >= 0.6 is 0 Å². The second-order valence-electron chi connectivity index (χ2n) is 5.60. The molecule has 0 amide bonds. The highest BCUT2D eigenvalue weighted by Gasteiger charge is 2.36. The van der Waals surface area contributed by atoms with Crippen LogP contribution in [0.5, 0.6) is 5.75 Å². The first-order valence-corrected chi connectivity index (χ1v) is 8.97. The monoisotopic (exact) mass is 327 g/mol. The van der Waals surface area contributed by atoms with Crippen molar-refractivity contribution >= 4 is 10.0 Å². The predicted molar refractivity (Wildman–Crippen MR) is 80.4 cm³/mol. The first-order chi connectivity index (χ1) is 10.6. The fourth-order valence-electron chi connectivity index (χ4n) is 3.10. The topological polar surface area (TPSA) is 73.9 Å². The van der Waals surface area contributed by atoms with Crippen molar-refractivity contribution in [1.29, 1.82) is 0 Å². The van der Waals surface area contributed by atoms with E-state index in [0.29, 0.717) is 25.4 Å². The Balaban J connectivity index is 1.72. The summed E-state index contributed by atoms with van der Waals surface area (Å²) in [7, 11) is -2.15. The van der Waals surface area contributed by atoms with Crippen molar-refractivity contribution < 1.29 is 22.6 Å². The number of hydrogen-bond acceptors (Lipinski definition) is 5. The van der Waals surface area contributed by atoms with E-state index in [4.69, 9.17) is 14.2 Å². The maximum absolute atomic E-state index is 12.6. The Labute approximate surface area is 130 Å². The number of fused-ring (bicyclic) bond motifs is 1. The third-order valence-electron chi connectivity index (χ3n) is 4.16. The third kappa shape index (κ3) is 3.27. The number of para-hydroxylation sites is 1. The molecule has 0 bridgehead atoms. The second kappa shape index (κ2) is 6.54. The Hall–Kier alpha value is -1.15. The zero-order chi connectivity index (χ0) is 15.6. The van der Waals surface area contributed by atoms with Crippen LogP contribution in [0.1, 0.15) is 19.3 Å². The molecule has 1 aromatic carbocycles. The fraction of sp³-hybridized carbons (Fsp3) is 0.600. The average molecular weight is 327 g/mol. The van der Waals surface area contributed by atoms with E-state index in [9.17, 15) is 8.42 Å². The van der Waals surface area contributed by atoms with Gasteiger partial charge in [0, 0.05) is 6.04 Å². The van der Waals surface area contributed by atoms with Crippen LogP contribution in [0.2, 0.25) is 0 Å². The molecule has 6 nitrogen and oxygen atoms in total. The summed E-state index contributed by atoms with van der Waals surface area (Å²) in [5, 5.41) is 0. The lowest BCUT2D eigenvalue weighted by atomic mass is 9.90. The number of rotatable bonds is 4. The predicted octanol–water partition coefficient (Wildman–Crippen LogP) is 1.31. The average Bonchev–Trinajstić information content (AvgIpc) is 2.54. The molecule has 0 radical (unpaired) electrons. The van der Waals surface area contributed by atoms with Crippen LogP contribution in [0.3, 0.4) is 0 Å². The summed E-state index contributed by atoms with van der Waals surface area (Å²) in [5.41, 5.74) is 0. The van der Waals surface area contributed by atoms with E-state index in [2.05, 4.69) is 4.72 Å². The van der Waals surface area contributed by atoms with Crippen LogP contribution in [0.15, 0.2) is 29.2 Å². The third-order valence-corrected chi connectivity index (χ3v) is 5.72. The molecule has 122 valence electrons. The minimum Gasteiger partial charge on any atom is -0.495 e. The molecule has 0 aromatic heterocycles. The van der Waals surface area contributed by atoms with Gasteiger partial charge in [-0.1, -0.05) is 12.1 Å². The number of sulfonamides is 1. The van der Waals surface area contributed by atoms with Gasteiger partial charge in [-0.25, -0.2) is 13.1 Å². The smallest absolute Gasteiger partial charge is 0.244 e. The van der Waals surface area contributed by atoms with Crippen molar-refractivity contribution in [3.63, 3.8) is 0 Å². The number of ether oxygens (including phenoxy) is 3. The van der Waals surface area contributed by atoms with Gasteiger partial charge in [0.1, 0.15) is 10.6 Å². The molecule has 1 N–H and O–H groups in total. The first-order valence-electron chi connectivity index (χ1n) is 7.49. The van der Waals surface area contributed by atoms with Crippen molar-refractivity contribution in [1.82, 2.24) is 4.72 Å². The van der Waals surface area contributed by atoms with Crippen LogP contribution in [-0.4, -0.2) is 47.0 Å². The van der Waals surface area contributed by atoms with E-state index in [1.165, 1.54) is 7.11 Å². The summed E-state index contributed by atoms with van der Waals surface area (Å²) >= 11 is 0. The van der Waals surface area contributed by atoms with E-state index in [1.807, 2.05) is 0 Å². The molecule has 0 spiro atoms. The molecule has 1 aliphatic heterocycles. The molecule has 3 rings (SSSR count). The maximum Gasteiger partial charge on any atom is 0.244 e. The summed E-state index contributed by atoms with van der Waals surface area (Å²) in [6.45, 7) is 1.20. The minimum absolute atomic E-state index is 0.0205. The van der Waals surface area contributed by atoms with Crippen molar-refractivity contribution in [3.05, 3.63) is 24.3 Å². The Kier molecular flexibility index (Phi) is 4.67. The lowest BCUT2D eigenvalue weighted by molar-refractivity contribution is -0.156. The van der Waals surface area contributed by atoms with E-state index < -0.39 is 10.0 Å². The van der Waals surface area contributed by atoms with Gasteiger partial charge in [0.25, 0.3) is 0 Å². The highest BCUT2D eigenvalue weighted by molar-refractivity contribution is 7.89. The van der Waals surface area contributed by atoms with E-state index >= 15 is 0 Å². The number of hydrogen-bond donors (Lipinski definition) is 1. The van der Waals surface area contributed by atoms with Crippen molar-refractivity contribution in [2.24, 2.45) is 0 Å². The Morgan fingerprint density at radius 2 is 1.86 bits per heavy atom. The number of nitrogens with one attached hydrogen (secondary N) is 1. The highest BCUT2D eigenvalue weighted by atomic mass is 32.2. The summed E-state index contributed by atoms with van der Waals surface area (Å²) < 4.78 is 44.4. The number of methoxy groups -OCH3 is 1. The van der Waals surface area contributed by atoms with Crippen LogP contribution in [0.4, 0.5) is 0 Å². The van der Waals surface area contributed by atoms with Crippen molar-refractivity contribution in [3.8, 4) is 5.75 Å². The molecule has 1 saturated carbocycles. The molecule has 1 aliphatic carbocycles. The second-order valence-corrected chi connectivity index (χ2v) is 7.28. The van der Waals surface area contributed by atoms with Gasteiger partial charge in [0.05, 0.1) is 32.5 Å². The van der Waals surface area contributed by atoms with Crippen LogP contribution in [0.25, 0.3) is 0 Å². The lowest BCUT2D eigenvalue weighted by Gasteiger charge is -2.38. The van der Waals surface area contributed by atoms with Crippen molar-refractivity contribution in [2.45, 2.75) is 42.4 Å². The van der Waals surface area contributed by atoms with Gasteiger partial charge in [0.2, 0.25) is 10.0 Å². The zero-order valence-corrected chi connectivity index (χ0v) is 13.3. The Morgan fingerprint density at radius 3 is 2.64 bits per heavy atom. The van der Waals surface area contributed by atoms with Gasteiger partial charge in [0.15, 0.2) is 0 Å². The van der Waals surface area contributed by atoms with Crippen LogP contribution in [0, 0.1) is 0 Å². The summed E-state index contributed by atoms with van der Waals surface area (Å²) in [6, 6.07) is 6.48. The van der Waals surface area contributed by atoms with Gasteiger partial charge < -0.3 is 14.2 Å². The van der Waals surface area contributed by atoms with Crippen LogP contribution < -0.4 is 9.46 Å². The molecule has 3 atom stereocenters. The summed E-state index contributed by atoms with van der Waals surface area (Å²) in [6.07, 6.45) is 2.27. The molecule has 1 saturated heterocycles. The Morgan fingerprint density at radius 1 is 1.14 bits per heavy atom. The number of benzene rings is 1. The summed E-state index contributed by atoms with van der Waals surface area (Å²) in [5.74, 6) is 0.348. The molecule has 2 fully saturated rings. The van der Waals surface area contributed by atoms with Crippen LogP contribution in [-0.2, 0) is 19.5 Å². The molecular formula is C15H21NO5S. The standard InChI is InChI=1S/C15H21NO5S/c1-19-13-4-2-3-5-15(13)22(17,18)16-11-6-7-12-14(10-11)21-9-8-20-12/h2-5,11-12,14,16H,6-10H2,1H3/t11-,12+,14-/m1/s1. The molecule has 0 unspecified atom stereocenters. The Bertz CT molecular complexity index is 618. The summed E-state index contributed by atoms with van der Waals surface area (Å²) in [4.78, 5) is 0.167. The maximum atomic E-state index is 12.6. The van der Waals surface area contributed by atoms with Crippen molar-refractivity contribution in [2.75, 3.05) is 20.3 Å². The van der Waals surface area contributed by atoms with Gasteiger partial charge in [-0.15, -0.1) is 0 Å². The quantitative estimate of drug-likeness (QED) is 0.902. The molecular weight excluding hydrogens is 306 g/mol. The van der Waals surface area contributed by atoms with E-state index in [1.54, 1.807) is 24.3 Å². The van der Waals surface area contributed by atoms with Gasteiger partial charge in [-0.3, -0.25) is 0 Å². The highest BCUT2D eigenvalue weighted by Crippen LogP contribution is 2.29. The van der Waals surface area contributed by atoms with Gasteiger partial charge >= 0.3 is 0 Å².